The lowest BCUT2D eigenvalue weighted by Gasteiger charge is -2.03. The van der Waals surface area contributed by atoms with Crippen LogP contribution in [0.3, 0.4) is 0 Å². The molecule has 3 aromatic carbocycles. The van der Waals surface area contributed by atoms with Crippen LogP contribution in [-0.2, 0) is 0 Å². The lowest BCUT2D eigenvalue weighted by Crippen LogP contribution is -1.82. The molecule has 0 unspecified atom stereocenters. The predicted octanol–water partition coefficient (Wildman–Crippen LogP) is 7.23. The second-order valence-corrected chi connectivity index (χ2v) is 7.27. The zero-order valence-corrected chi connectivity index (χ0v) is 16.3. The molecule has 0 saturated carbocycles. The maximum atomic E-state index is 9.64. The van der Waals surface area contributed by atoms with Crippen LogP contribution >= 0.6 is 15.9 Å². The van der Waals surface area contributed by atoms with Crippen molar-refractivity contribution in [1.29, 1.82) is 5.26 Å². The second-order valence-electron chi connectivity index (χ2n) is 6.42. The van der Waals surface area contributed by atoms with E-state index in [-0.39, 0.29) is 0 Å². The number of hydrogen-bond acceptors (Lipinski definition) is 2. The molecule has 4 rings (SSSR count). The molecular weight excluding hydrogens is 398 g/mol. The summed E-state index contributed by atoms with van der Waals surface area (Å²) in [4.78, 5) is 0. The van der Waals surface area contributed by atoms with Crippen LogP contribution in [0.5, 0.6) is 0 Å². The number of nitrogens with zero attached hydrogens (tertiary/aromatic N) is 1. The molecule has 0 fully saturated rings. The summed E-state index contributed by atoms with van der Waals surface area (Å²) in [6.07, 6.45) is 1.79. The van der Waals surface area contributed by atoms with Gasteiger partial charge in [0.25, 0.3) is 0 Å². The molecule has 1 heterocycles. The highest BCUT2D eigenvalue weighted by Crippen LogP contribution is 2.31. The molecule has 2 nitrogen and oxygen atoms in total. The molecule has 0 aliphatic carbocycles. The Hall–Kier alpha value is -3.09. The van der Waals surface area contributed by atoms with Crippen LogP contribution < -0.4 is 0 Å². The Bertz CT molecular complexity index is 1210. The highest BCUT2D eigenvalue weighted by atomic mass is 79.9. The number of halogens is 1. The van der Waals surface area contributed by atoms with Crippen LogP contribution in [-0.4, -0.2) is 0 Å². The average molecular weight is 414 g/mol. The third-order valence-electron chi connectivity index (χ3n) is 4.48. The molecule has 0 amide bonds. The van der Waals surface area contributed by atoms with Gasteiger partial charge in [0.05, 0.1) is 11.6 Å². The number of hydrogen-bond donors (Lipinski definition) is 0. The van der Waals surface area contributed by atoms with E-state index in [2.05, 4.69) is 34.1 Å². The van der Waals surface area contributed by atoms with Crippen molar-refractivity contribution in [2.45, 2.75) is 6.92 Å². The van der Waals surface area contributed by atoms with Gasteiger partial charge in [0.2, 0.25) is 0 Å². The van der Waals surface area contributed by atoms with Gasteiger partial charge >= 0.3 is 0 Å². The number of nitriles is 1. The van der Waals surface area contributed by atoms with Crippen molar-refractivity contribution < 1.29 is 4.42 Å². The first-order chi connectivity index (χ1) is 13.1. The zero-order valence-electron chi connectivity index (χ0n) is 14.7. The molecular formula is C24H16BrNO. The Morgan fingerprint density at radius 2 is 1.78 bits per heavy atom. The van der Waals surface area contributed by atoms with Crippen molar-refractivity contribution >= 4 is 38.4 Å². The standard InChI is InChI=1S/C24H16BrNO/c1-16-6-10-22(23(25)12-16)24-11-9-21(27-24)14-20(15-26)19-8-7-17-4-2-3-5-18(17)13-19/h2-14H,1H3/b20-14+. The quantitative estimate of drug-likeness (QED) is 0.332. The first-order valence-corrected chi connectivity index (χ1v) is 9.41. The molecule has 0 saturated heterocycles. The van der Waals surface area contributed by atoms with Crippen molar-refractivity contribution in [3.63, 3.8) is 0 Å². The number of aryl methyl sites for hydroxylation is 1. The molecule has 4 aromatic rings. The third-order valence-corrected chi connectivity index (χ3v) is 5.14. The molecule has 0 N–H and O–H groups in total. The van der Waals surface area contributed by atoms with Gasteiger partial charge in [-0.15, -0.1) is 0 Å². The van der Waals surface area contributed by atoms with E-state index in [1.807, 2.05) is 67.6 Å². The van der Waals surface area contributed by atoms with Gasteiger partial charge in [-0.3, -0.25) is 0 Å². The lowest BCUT2D eigenvalue weighted by atomic mass is 10.0. The van der Waals surface area contributed by atoms with E-state index in [9.17, 15) is 5.26 Å². The minimum absolute atomic E-state index is 0.574. The fourth-order valence-corrected chi connectivity index (χ4v) is 3.76. The Kier molecular flexibility index (Phi) is 4.66. The van der Waals surface area contributed by atoms with Gasteiger partial charge in [-0.2, -0.15) is 5.26 Å². The largest absolute Gasteiger partial charge is 0.457 e. The summed E-state index contributed by atoms with van der Waals surface area (Å²) in [5.74, 6) is 1.42. The number of furan rings is 1. The van der Waals surface area contributed by atoms with Gasteiger partial charge in [-0.25, -0.2) is 0 Å². The molecule has 0 spiro atoms. The van der Waals surface area contributed by atoms with Crippen LogP contribution in [0.1, 0.15) is 16.9 Å². The van der Waals surface area contributed by atoms with Gasteiger partial charge in [-0.05, 0) is 65.2 Å². The fraction of sp³-hybridized carbons (Fsp3) is 0.0417. The highest BCUT2D eigenvalue weighted by Gasteiger charge is 2.09. The van der Waals surface area contributed by atoms with Crippen LogP contribution in [0.2, 0.25) is 0 Å². The number of benzene rings is 3. The first kappa shape index (κ1) is 17.3. The van der Waals surface area contributed by atoms with Crippen LogP contribution in [0.25, 0.3) is 33.7 Å². The second kappa shape index (κ2) is 7.26. The molecule has 27 heavy (non-hydrogen) atoms. The van der Waals surface area contributed by atoms with E-state index in [4.69, 9.17) is 4.42 Å². The summed E-state index contributed by atoms with van der Waals surface area (Å²) in [6, 6.07) is 26.4. The van der Waals surface area contributed by atoms with Gasteiger partial charge in [-0.1, -0.05) is 58.4 Å². The summed E-state index contributed by atoms with van der Waals surface area (Å²) >= 11 is 3.59. The Morgan fingerprint density at radius 1 is 0.963 bits per heavy atom. The van der Waals surface area contributed by atoms with Gasteiger partial charge in [0.1, 0.15) is 11.5 Å². The van der Waals surface area contributed by atoms with E-state index in [1.54, 1.807) is 6.08 Å². The van der Waals surface area contributed by atoms with Gasteiger partial charge < -0.3 is 4.42 Å². The summed E-state index contributed by atoms with van der Waals surface area (Å²) in [5.41, 5.74) is 3.63. The van der Waals surface area contributed by atoms with E-state index >= 15 is 0 Å². The third kappa shape index (κ3) is 3.58. The molecule has 0 bridgehead atoms. The molecule has 0 atom stereocenters. The smallest absolute Gasteiger partial charge is 0.135 e. The predicted molar refractivity (Wildman–Crippen MR) is 114 cm³/mol. The van der Waals surface area contributed by atoms with Crippen molar-refractivity contribution in [1.82, 2.24) is 0 Å². The van der Waals surface area contributed by atoms with Crippen LogP contribution in [0, 0.1) is 18.3 Å². The highest BCUT2D eigenvalue weighted by molar-refractivity contribution is 9.10. The maximum Gasteiger partial charge on any atom is 0.135 e. The Morgan fingerprint density at radius 3 is 2.56 bits per heavy atom. The summed E-state index contributed by atoms with van der Waals surface area (Å²) in [7, 11) is 0. The molecule has 0 aliphatic rings. The minimum atomic E-state index is 0.574. The average Bonchev–Trinajstić information content (AvgIpc) is 3.14. The molecule has 0 radical (unpaired) electrons. The summed E-state index contributed by atoms with van der Waals surface area (Å²) in [6.45, 7) is 2.05. The number of fused-ring (bicyclic) bond motifs is 1. The van der Waals surface area contributed by atoms with E-state index < -0.39 is 0 Å². The zero-order chi connectivity index (χ0) is 18.8. The topological polar surface area (TPSA) is 36.9 Å². The van der Waals surface area contributed by atoms with E-state index in [0.29, 0.717) is 11.3 Å². The van der Waals surface area contributed by atoms with Crippen LogP contribution in [0.15, 0.2) is 81.7 Å². The molecule has 3 heteroatoms. The normalized spacial score (nSPS) is 11.5. The molecule has 130 valence electrons. The van der Waals surface area contributed by atoms with Gasteiger partial charge in [0.15, 0.2) is 0 Å². The van der Waals surface area contributed by atoms with Crippen molar-refractivity contribution in [3.8, 4) is 17.4 Å². The van der Waals surface area contributed by atoms with Crippen molar-refractivity contribution in [2.75, 3.05) is 0 Å². The number of rotatable bonds is 3. The van der Waals surface area contributed by atoms with Crippen LogP contribution in [0.4, 0.5) is 0 Å². The molecule has 1 aromatic heterocycles. The monoisotopic (exact) mass is 413 g/mol. The molecule has 0 aliphatic heterocycles. The maximum absolute atomic E-state index is 9.64. The summed E-state index contributed by atoms with van der Waals surface area (Å²) < 4.78 is 6.96. The minimum Gasteiger partial charge on any atom is -0.457 e. The Balaban J connectivity index is 1.71. The van der Waals surface area contributed by atoms with E-state index in [1.165, 1.54) is 5.56 Å². The lowest BCUT2D eigenvalue weighted by molar-refractivity contribution is 0.571. The first-order valence-electron chi connectivity index (χ1n) is 8.61. The fourth-order valence-electron chi connectivity index (χ4n) is 3.07. The summed E-state index contributed by atoms with van der Waals surface area (Å²) in [5, 5.41) is 11.9. The van der Waals surface area contributed by atoms with Crippen molar-refractivity contribution in [3.05, 3.63) is 94.2 Å². The SMILES string of the molecule is Cc1ccc(-c2ccc(/C=C(\C#N)c3ccc4ccccc4c3)o2)c(Br)c1. The van der Waals surface area contributed by atoms with E-state index in [0.717, 1.165) is 32.1 Å². The van der Waals surface area contributed by atoms with Gasteiger partial charge in [0, 0.05) is 10.0 Å². The van der Waals surface area contributed by atoms with Crippen molar-refractivity contribution in [2.24, 2.45) is 0 Å². The number of allylic oxidation sites excluding steroid dienone is 1. The Labute approximate surface area is 166 Å².